The molecule has 1 aromatic rings. The summed E-state index contributed by atoms with van der Waals surface area (Å²) in [6, 6.07) is 3.61. The topological polar surface area (TPSA) is 36.4 Å². The van der Waals surface area contributed by atoms with Crippen molar-refractivity contribution in [2.75, 3.05) is 13.1 Å². The highest BCUT2D eigenvalue weighted by molar-refractivity contribution is 6.32. The number of aromatic nitrogens is 1. The zero-order chi connectivity index (χ0) is 11.8. The van der Waals surface area contributed by atoms with Crippen LogP contribution in [0.1, 0.15) is 18.9 Å². The van der Waals surface area contributed by atoms with Gasteiger partial charge in [-0.2, -0.15) is 0 Å². The van der Waals surface area contributed by atoms with Gasteiger partial charge in [0.15, 0.2) is 0 Å². The van der Waals surface area contributed by atoms with Crippen LogP contribution in [0.4, 0.5) is 0 Å². The van der Waals surface area contributed by atoms with E-state index in [0.717, 1.165) is 18.5 Å². The van der Waals surface area contributed by atoms with E-state index in [1.807, 2.05) is 13.0 Å². The lowest BCUT2D eigenvalue weighted by molar-refractivity contribution is 0.0679. The molecule has 2 heterocycles. The van der Waals surface area contributed by atoms with E-state index < -0.39 is 5.60 Å². The van der Waals surface area contributed by atoms with Crippen LogP contribution >= 0.6 is 23.2 Å². The molecule has 0 aromatic carbocycles. The Morgan fingerprint density at radius 1 is 1.50 bits per heavy atom. The lowest BCUT2D eigenvalue weighted by Gasteiger charge is -2.19. The molecule has 1 aliphatic heterocycles. The fraction of sp³-hybridized carbons (Fsp3) is 0.545. The smallest absolute Gasteiger partial charge is 0.135 e. The number of aliphatic hydroxyl groups is 1. The summed E-state index contributed by atoms with van der Waals surface area (Å²) in [7, 11) is 0. The summed E-state index contributed by atoms with van der Waals surface area (Å²) >= 11 is 11.7. The zero-order valence-electron chi connectivity index (χ0n) is 9.08. The Kier molecular flexibility index (Phi) is 3.40. The van der Waals surface area contributed by atoms with Gasteiger partial charge in [0.25, 0.3) is 0 Å². The van der Waals surface area contributed by atoms with Crippen LogP contribution in [-0.2, 0) is 6.54 Å². The van der Waals surface area contributed by atoms with Crippen molar-refractivity contribution in [2.45, 2.75) is 25.5 Å². The van der Waals surface area contributed by atoms with Crippen molar-refractivity contribution < 1.29 is 5.11 Å². The van der Waals surface area contributed by atoms with Crippen molar-refractivity contribution in [3.63, 3.8) is 0 Å². The van der Waals surface area contributed by atoms with Crippen LogP contribution in [-0.4, -0.2) is 33.7 Å². The normalized spacial score (nSPS) is 26.2. The second kappa shape index (κ2) is 4.49. The predicted molar refractivity (Wildman–Crippen MR) is 64.8 cm³/mol. The van der Waals surface area contributed by atoms with Gasteiger partial charge in [-0.3, -0.25) is 4.90 Å². The van der Waals surface area contributed by atoms with E-state index in [-0.39, 0.29) is 0 Å². The average Bonchev–Trinajstić information content (AvgIpc) is 2.51. The fourth-order valence-corrected chi connectivity index (χ4v) is 2.38. The van der Waals surface area contributed by atoms with E-state index in [9.17, 15) is 5.11 Å². The molecule has 1 aromatic heterocycles. The van der Waals surface area contributed by atoms with Crippen molar-refractivity contribution in [3.8, 4) is 0 Å². The Morgan fingerprint density at radius 2 is 2.25 bits per heavy atom. The van der Waals surface area contributed by atoms with Gasteiger partial charge in [-0.25, -0.2) is 4.98 Å². The number of rotatable bonds is 2. The summed E-state index contributed by atoms with van der Waals surface area (Å²) in [6.45, 7) is 4.12. The summed E-state index contributed by atoms with van der Waals surface area (Å²) in [5.74, 6) is 0. The summed E-state index contributed by atoms with van der Waals surface area (Å²) in [5.41, 5.74) is 0.371. The summed E-state index contributed by atoms with van der Waals surface area (Å²) in [4.78, 5) is 6.16. The predicted octanol–water partition coefficient (Wildman–Crippen LogP) is 2.35. The van der Waals surface area contributed by atoms with E-state index in [1.54, 1.807) is 6.07 Å². The first-order valence-corrected chi connectivity index (χ1v) is 5.97. The Balaban J connectivity index is 2.05. The molecular weight excluding hydrogens is 247 g/mol. The molecule has 0 radical (unpaired) electrons. The van der Waals surface area contributed by atoms with Gasteiger partial charge in [0.1, 0.15) is 10.3 Å². The minimum atomic E-state index is -0.577. The van der Waals surface area contributed by atoms with E-state index in [0.29, 0.717) is 23.4 Å². The lowest BCUT2D eigenvalue weighted by atomic mass is 10.1. The Hall–Kier alpha value is -0.350. The van der Waals surface area contributed by atoms with E-state index in [1.165, 1.54) is 0 Å². The van der Waals surface area contributed by atoms with Gasteiger partial charge < -0.3 is 5.11 Å². The molecule has 1 fully saturated rings. The third-order valence-corrected chi connectivity index (χ3v) is 3.35. The molecule has 0 aliphatic carbocycles. The molecule has 3 nitrogen and oxygen atoms in total. The molecular formula is C11H14Cl2N2O. The highest BCUT2D eigenvalue weighted by atomic mass is 35.5. The quantitative estimate of drug-likeness (QED) is 0.830. The lowest BCUT2D eigenvalue weighted by Crippen LogP contribution is -2.29. The monoisotopic (exact) mass is 260 g/mol. The minimum Gasteiger partial charge on any atom is -0.389 e. The van der Waals surface area contributed by atoms with E-state index >= 15 is 0 Å². The SMILES string of the molecule is CC1(O)CCN(Cc2ccc(Cl)nc2Cl)C1. The third kappa shape index (κ3) is 2.86. The maximum absolute atomic E-state index is 9.84. The van der Waals surface area contributed by atoms with Gasteiger partial charge >= 0.3 is 0 Å². The molecule has 1 atom stereocenters. The van der Waals surface area contributed by atoms with Gasteiger partial charge in [-0.15, -0.1) is 0 Å². The zero-order valence-corrected chi connectivity index (χ0v) is 10.6. The highest BCUT2D eigenvalue weighted by Crippen LogP contribution is 2.24. The molecule has 88 valence electrons. The summed E-state index contributed by atoms with van der Waals surface area (Å²) in [6.07, 6.45) is 0.797. The first-order valence-electron chi connectivity index (χ1n) is 5.22. The van der Waals surface area contributed by atoms with Crippen molar-refractivity contribution in [3.05, 3.63) is 28.0 Å². The molecule has 16 heavy (non-hydrogen) atoms. The van der Waals surface area contributed by atoms with Crippen LogP contribution in [0.5, 0.6) is 0 Å². The van der Waals surface area contributed by atoms with E-state index in [4.69, 9.17) is 23.2 Å². The molecule has 1 aliphatic rings. The second-order valence-electron chi connectivity index (χ2n) is 4.54. The molecule has 5 heteroatoms. The van der Waals surface area contributed by atoms with Crippen LogP contribution in [0.15, 0.2) is 12.1 Å². The molecule has 1 N–H and O–H groups in total. The second-order valence-corrected chi connectivity index (χ2v) is 5.29. The highest BCUT2D eigenvalue weighted by Gasteiger charge is 2.31. The number of nitrogens with zero attached hydrogens (tertiary/aromatic N) is 2. The molecule has 2 rings (SSSR count). The fourth-order valence-electron chi connectivity index (χ4n) is 1.97. The first-order chi connectivity index (χ1) is 7.46. The van der Waals surface area contributed by atoms with Gasteiger partial charge in [0.2, 0.25) is 0 Å². The van der Waals surface area contributed by atoms with E-state index in [2.05, 4.69) is 9.88 Å². The Bertz CT molecular complexity index is 396. The van der Waals surface area contributed by atoms with Gasteiger partial charge in [0.05, 0.1) is 5.60 Å². The standard InChI is InChI=1S/C11H14Cl2N2O/c1-11(16)4-5-15(7-11)6-8-2-3-9(12)14-10(8)13/h2-3,16H,4-7H2,1H3. The van der Waals surface area contributed by atoms with Crippen molar-refractivity contribution in [1.82, 2.24) is 9.88 Å². The number of pyridine rings is 1. The third-order valence-electron chi connectivity index (χ3n) is 2.82. The van der Waals surface area contributed by atoms with Crippen LogP contribution in [0.2, 0.25) is 10.3 Å². The molecule has 0 spiro atoms. The van der Waals surface area contributed by atoms with Crippen LogP contribution in [0.25, 0.3) is 0 Å². The van der Waals surface area contributed by atoms with Gasteiger partial charge in [-0.1, -0.05) is 29.3 Å². The summed E-state index contributed by atoms with van der Waals surface area (Å²) < 4.78 is 0. The van der Waals surface area contributed by atoms with Crippen molar-refractivity contribution in [2.24, 2.45) is 0 Å². The van der Waals surface area contributed by atoms with Gasteiger partial charge in [0, 0.05) is 25.2 Å². The number of halogens is 2. The molecule has 1 unspecified atom stereocenters. The van der Waals surface area contributed by atoms with Crippen LogP contribution in [0.3, 0.4) is 0 Å². The molecule has 0 saturated carbocycles. The van der Waals surface area contributed by atoms with Crippen LogP contribution < -0.4 is 0 Å². The number of β-amino-alcohol motifs (C(OH)–C–C–N with tert-alkyl or cyclic N) is 1. The molecule has 0 bridgehead atoms. The largest absolute Gasteiger partial charge is 0.389 e. The maximum atomic E-state index is 9.84. The average molecular weight is 261 g/mol. The molecule has 0 amide bonds. The molecule has 1 saturated heterocycles. The minimum absolute atomic E-state index is 0.405. The first kappa shape index (κ1) is 12.1. The van der Waals surface area contributed by atoms with Crippen LogP contribution in [0, 0.1) is 0 Å². The maximum Gasteiger partial charge on any atom is 0.135 e. The number of hydrogen-bond acceptors (Lipinski definition) is 3. The number of likely N-dealkylation sites (tertiary alicyclic amines) is 1. The Labute approximate surface area is 105 Å². The number of hydrogen-bond donors (Lipinski definition) is 1. The van der Waals surface area contributed by atoms with Gasteiger partial charge in [-0.05, 0) is 19.4 Å². The Morgan fingerprint density at radius 3 is 2.81 bits per heavy atom. The van der Waals surface area contributed by atoms with Crippen molar-refractivity contribution in [1.29, 1.82) is 0 Å². The van der Waals surface area contributed by atoms with Crippen molar-refractivity contribution >= 4 is 23.2 Å². The summed E-state index contributed by atoms with van der Waals surface area (Å²) in [5, 5.41) is 10.7.